The Labute approximate surface area is 334 Å². The van der Waals surface area contributed by atoms with Gasteiger partial charge in [0.05, 0.1) is 13.2 Å². The highest BCUT2D eigenvalue weighted by molar-refractivity contribution is 7.47. The molecule has 0 saturated carbocycles. The van der Waals surface area contributed by atoms with Gasteiger partial charge >= 0.3 is 19.8 Å². The van der Waals surface area contributed by atoms with Crippen LogP contribution in [0.3, 0.4) is 0 Å². The third-order valence-electron chi connectivity index (χ3n) is 7.97. The van der Waals surface area contributed by atoms with Gasteiger partial charge in [0.15, 0.2) is 6.10 Å². The molecule has 312 valence electrons. The maximum atomic E-state index is 12.6. The zero-order chi connectivity index (χ0) is 40.3. The second-order valence-corrected chi connectivity index (χ2v) is 14.6. The van der Waals surface area contributed by atoms with Crippen molar-refractivity contribution in [2.24, 2.45) is 5.73 Å². The Balaban J connectivity index is 4.35. The summed E-state index contributed by atoms with van der Waals surface area (Å²) in [6.45, 7) is 3.46. The molecule has 0 rings (SSSR count). The summed E-state index contributed by atoms with van der Waals surface area (Å²) in [5, 5.41) is 0. The first-order valence-electron chi connectivity index (χ1n) is 20.7. The number of rotatable bonds is 37. The zero-order valence-electron chi connectivity index (χ0n) is 34.1. The minimum absolute atomic E-state index is 0.0360. The van der Waals surface area contributed by atoms with Gasteiger partial charge in [0.1, 0.15) is 6.61 Å². The lowest BCUT2D eigenvalue weighted by Crippen LogP contribution is -2.29. The Kier molecular flexibility index (Phi) is 38.3. The van der Waals surface area contributed by atoms with E-state index in [9.17, 15) is 19.0 Å². The van der Waals surface area contributed by atoms with E-state index in [1.54, 1.807) is 0 Å². The molecule has 10 heteroatoms. The molecule has 0 aliphatic rings. The first-order valence-corrected chi connectivity index (χ1v) is 22.2. The molecule has 0 aromatic carbocycles. The van der Waals surface area contributed by atoms with Gasteiger partial charge in [-0.05, 0) is 83.5 Å². The molecule has 0 aliphatic carbocycles. The van der Waals surface area contributed by atoms with Crippen molar-refractivity contribution in [1.82, 2.24) is 0 Å². The molecule has 0 aliphatic heterocycles. The molecule has 3 N–H and O–H groups in total. The van der Waals surface area contributed by atoms with Gasteiger partial charge < -0.3 is 20.1 Å². The number of hydrogen-bond acceptors (Lipinski definition) is 8. The summed E-state index contributed by atoms with van der Waals surface area (Å²) in [6.07, 6.45) is 51.6. The van der Waals surface area contributed by atoms with Crippen LogP contribution in [0.1, 0.15) is 142 Å². The average molecular weight is 788 g/mol. The van der Waals surface area contributed by atoms with Gasteiger partial charge in [-0.25, -0.2) is 4.57 Å². The van der Waals surface area contributed by atoms with Crippen LogP contribution in [0.2, 0.25) is 0 Å². The first kappa shape index (κ1) is 51.9. The third-order valence-corrected chi connectivity index (χ3v) is 8.95. The molecule has 0 radical (unpaired) electrons. The van der Waals surface area contributed by atoms with Crippen molar-refractivity contribution >= 4 is 19.8 Å². The standard InChI is InChI=1S/C45H74NO8P/c1-3-5-7-9-11-13-15-17-19-20-21-22-24-25-27-29-31-33-35-37-44(47)51-41-43(42-53-55(49,50)52-40-39-46)54-45(48)38-36-34-32-30-28-26-23-18-16-14-12-10-8-6-4-2/h5,7,11-14,17-19,21-23,25,27,31,33,43H,3-4,6,8-10,15-16,20,24,26,28-30,32,34-42,46H2,1-2H3,(H,49,50). The van der Waals surface area contributed by atoms with Crippen LogP contribution in [-0.2, 0) is 32.7 Å². The summed E-state index contributed by atoms with van der Waals surface area (Å²) < 4.78 is 32.6. The summed E-state index contributed by atoms with van der Waals surface area (Å²) in [6, 6.07) is 0. The van der Waals surface area contributed by atoms with E-state index >= 15 is 0 Å². The van der Waals surface area contributed by atoms with Gasteiger partial charge in [0, 0.05) is 19.4 Å². The normalized spacial score (nSPS) is 14.3. The fourth-order valence-electron chi connectivity index (χ4n) is 4.92. The Morgan fingerprint density at radius 1 is 0.564 bits per heavy atom. The van der Waals surface area contributed by atoms with Crippen LogP contribution in [0, 0.1) is 0 Å². The van der Waals surface area contributed by atoms with Gasteiger partial charge in [0.25, 0.3) is 0 Å². The fourth-order valence-corrected chi connectivity index (χ4v) is 5.69. The summed E-state index contributed by atoms with van der Waals surface area (Å²) in [4.78, 5) is 34.8. The van der Waals surface area contributed by atoms with Crippen LogP contribution >= 0.6 is 7.82 Å². The number of hydrogen-bond donors (Lipinski definition) is 2. The summed E-state index contributed by atoms with van der Waals surface area (Å²) in [5.74, 6) is -0.954. The maximum absolute atomic E-state index is 12.6. The zero-order valence-corrected chi connectivity index (χ0v) is 35.0. The molecule has 0 aromatic rings. The van der Waals surface area contributed by atoms with Crippen molar-refractivity contribution in [1.29, 1.82) is 0 Å². The van der Waals surface area contributed by atoms with E-state index in [0.29, 0.717) is 12.8 Å². The number of allylic oxidation sites excluding steroid dienone is 16. The van der Waals surface area contributed by atoms with Gasteiger partial charge in [-0.15, -0.1) is 0 Å². The molecule has 0 bridgehead atoms. The molecule has 0 aromatic heterocycles. The Hall–Kier alpha value is -3.07. The Bertz CT molecular complexity index is 1220. The summed E-state index contributed by atoms with van der Waals surface area (Å²) >= 11 is 0. The topological polar surface area (TPSA) is 134 Å². The molecule has 0 heterocycles. The quantitative estimate of drug-likeness (QED) is 0.0273. The van der Waals surface area contributed by atoms with E-state index in [4.69, 9.17) is 24.3 Å². The van der Waals surface area contributed by atoms with Crippen molar-refractivity contribution in [3.8, 4) is 0 Å². The number of ether oxygens (including phenoxy) is 2. The third kappa shape index (κ3) is 40.4. The molecule has 0 spiro atoms. The number of phosphoric acid groups is 1. The molecule has 0 fully saturated rings. The van der Waals surface area contributed by atoms with Crippen LogP contribution in [0.4, 0.5) is 0 Å². The average Bonchev–Trinajstić information content (AvgIpc) is 3.17. The number of nitrogens with two attached hydrogens (primary N) is 1. The highest BCUT2D eigenvalue weighted by atomic mass is 31.2. The number of carbonyl (C=O) groups is 2. The van der Waals surface area contributed by atoms with Gasteiger partial charge in [-0.3, -0.25) is 18.6 Å². The highest BCUT2D eigenvalue weighted by Crippen LogP contribution is 2.43. The lowest BCUT2D eigenvalue weighted by Gasteiger charge is -2.19. The van der Waals surface area contributed by atoms with Crippen LogP contribution in [-0.4, -0.2) is 49.3 Å². The van der Waals surface area contributed by atoms with E-state index in [-0.39, 0.29) is 32.6 Å². The lowest BCUT2D eigenvalue weighted by molar-refractivity contribution is -0.161. The Morgan fingerprint density at radius 2 is 1.04 bits per heavy atom. The predicted molar refractivity (Wildman–Crippen MR) is 228 cm³/mol. The maximum Gasteiger partial charge on any atom is 0.472 e. The summed E-state index contributed by atoms with van der Waals surface area (Å²) in [5.41, 5.74) is 5.33. The smallest absolute Gasteiger partial charge is 0.462 e. The SMILES string of the molecule is CCC=CCC=CCC=CCC=CCC=CCC=CCCC(=O)OCC(COP(=O)(O)OCCN)OC(=O)CCCCCCCC=CCC=CCCCCC. The predicted octanol–water partition coefficient (Wildman–Crippen LogP) is 11.8. The van der Waals surface area contributed by atoms with Crippen molar-refractivity contribution in [3.05, 3.63) is 97.2 Å². The minimum Gasteiger partial charge on any atom is -0.462 e. The van der Waals surface area contributed by atoms with Crippen molar-refractivity contribution in [3.63, 3.8) is 0 Å². The number of esters is 2. The summed E-state index contributed by atoms with van der Waals surface area (Å²) in [7, 11) is -4.40. The van der Waals surface area contributed by atoms with Gasteiger partial charge in [-0.2, -0.15) is 0 Å². The van der Waals surface area contributed by atoms with Crippen LogP contribution in [0.15, 0.2) is 97.2 Å². The second kappa shape index (κ2) is 40.6. The molecule has 55 heavy (non-hydrogen) atoms. The van der Waals surface area contributed by atoms with Crippen molar-refractivity contribution in [2.45, 2.75) is 148 Å². The van der Waals surface area contributed by atoms with Crippen molar-refractivity contribution < 1.29 is 37.6 Å². The van der Waals surface area contributed by atoms with Crippen LogP contribution in [0.25, 0.3) is 0 Å². The van der Waals surface area contributed by atoms with E-state index in [0.717, 1.165) is 77.0 Å². The number of unbranched alkanes of at least 4 members (excludes halogenated alkanes) is 8. The second-order valence-electron chi connectivity index (χ2n) is 13.1. The van der Waals surface area contributed by atoms with E-state index < -0.39 is 32.5 Å². The molecular weight excluding hydrogens is 713 g/mol. The van der Waals surface area contributed by atoms with Crippen LogP contribution < -0.4 is 5.73 Å². The Morgan fingerprint density at radius 3 is 1.56 bits per heavy atom. The first-order chi connectivity index (χ1) is 26.8. The van der Waals surface area contributed by atoms with Crippen LogP contribution in [0.5, 0.6) is 0 Å². The molecule has 0 saturated heterocycles. The number of carbonyl (C=O) groups excluding carboxylic acids is 2. The highest BCUT2D eigenvalue weighted by Gasteiger charge is 2.25. The molecule has 0 amide bonds. The monoisotopic (exact) mass is 788 g/mol. The van der Waals surface area contributed by atoms with Crippen molar-refractivity contribution in [2.75, 3.05) is 26.4 Å². The van der Waals surface area contributed by atoms with Gasteiger partial charge in [-0.1, -0.05) is 143 Å². The molecule has 2 atom stereocenters. The lowest BCUT2D eigenvalue weighted by atomic mass is 10.1. The van der Waals surface area contributed by atoms with E-state index in [1.165, 1.54) is 25.7 Å². The number of phosphoric ester groups is 1. The molecule has 9 nitrogen and oxygen atoms in total. The molecular formula is C45H74NO8P. The minimum atomic E-state index is -4.40. The van der Waals surface area contributed by atoms with E-state index in [2.05, 4.69) is 98.9 Å². The fraction of sp³-hybridized carbons (Fsp3) is 0.600. The largest absolute Gasteiger partial charge is 0.472 e. The van der Waals surface area contributed by atoms with Gasteiger partial charge in [0.2, 0.25) is 0 Å². The molecule has 2 unspecified atom stereocenters. The van der Waals surface area contributed by atoms with E-state index in [1.807, 2.05) is 12.2 Å².